The summed E-state index contributed by atoms with van der Waals surface area (Å²) in [6.45, 7) is 7.27. The van der Waals surface area contributed by atoms with E-state index in [4.69, 9.17) is 10.5 Å². The van der Waals surface area contributed by atoms with Crippen molar-refractivity contribution in [1.82, 2.24) is 4.90 Å². The van der Waals surface area contributed by atoms with Gasteiger partial charge in [0.25, 0.3) is 5.91 Å². The summed E-state index contributed by atoms with van der Waals surface area (Å²) in [5.74, 6) is 0.161. The average molecular weight is 250 g/mol. The molecule has 0 aliphatic rings. The second-order valence-electron chi connectivity index (χ2n) is 4.14. The highest BCUT2D eigenvalue weighted by molar-refractivity contribution is 5.96. The fourth-order valence-corrected chi connectivity index (χ4v) is 2.04. The first-order chi connectivity index (χ1) is 8.63. The van der Waals surface area contributed by atoms with Gasteiger partial charge >= 0.3 is 0 Å². The van der Waals surface area contributed by atoms with Gasteiger partial charge in [0.15, 0.2) is 0 Å². The molecule has 0 bridgehead atoms. The van der Waals surface area contributed by atoms with Crippen molar-refractivity contribution in [2.45, 2.75) is 20.3 Å². The number of carbonyl (C=O) groups excluding carboxylic acids is 1. The molecule has 1 aromatic carbocycles. The Balaban J connectivity index is 2.88. The van der Waals surface area contributed by atoms with E-state index < -0.39 is 5.91 Å². The van der Waals surface area contributed by atoms with Gasteiger partial charge in [0.1, 0.15) is 5.75 Å². The first kappa shape index (κ1) is 14.5. The van der Waals surface area contributed by atoms with E-state index in [-0.39, 0.29) is 0 Å². The monoisotopic (exact) mass is 250 g/mol. The maximum Gasteiger partial charge on any atom is 0.252 e. The van der Waals surface area contributed by atoms with Crippen molar-refractivity contribution in [1.29, 1.82) is 0 Å². The largest absolute Gasteiger partial charge is 0.496 e. The van der Waals surface area contributed by atoms with Gasteiger partial charge in [0, 0.05) is 6.54 Å². The minimum atomic E-state index is -0.448. The lowest BCUT2D eigenvalue weighted by Crippen LogP contribution is -2.25. The molecule has 0 aliphatic heterocycles. The van der Waals surface area contributed by atoms with Crippen LogP contribution in [0.15, 0.2) is 18.2 Å². The summed E-state index contributed by atoms with van der Waals surface area (Å²) < 4.78 is 5.32. The number of amides is 1. The Morgan fingerprint density at radius 3 is 2.50 bits per heavy atom. The third kappa shape index (κ3) is 3.47. The molecule has 100 valence electrons. The van der Waals surface area contributed by atoms with Crippen LogP contribution in [0.25, 0.3) is 0 Å². The molecule has 0 heterocycles. The van der Waals surface area contributed by atoms with Crippen LogP contribution in [0.3, 0.4) is 0 Å². The van der Waals surface area contributed by atoms with E-state index in [9.17, 15) is 4.79 Å². The number of hydrogen-bond donors (Lipinski definition) is 1. The molecule has 0 aliphatic carbocycles. The molecule has 1 amide bonds. The molecule has 0 atom stereocenters. The van der Waals surface area contributed by atoms with E-state index in [1.165, 1.54) is 0 Å². The van der Waals surface area contributed by atoms with Crippen LogP contribution < -0.4 is 10.5 Å². The quantitative estimate of drug-likeness (QED) is 0.801. The number of primary amides is 1. The number of methoxy groups -OCH3 is 1. The number of likely N-dealkylation sites (N-methyl/N-ethyl adjacent to an activating group) is 1. The van der Waals surface area contributed by atoms with Gasteiger partial charge in [-0.25, -0.2) is 0 Å². The summed E-state index contributed by atoms with van der Waals surface area (Å²) in [5, 5.41) is 0. The van der Waals surface area contributed by atoms with E-state index in [0.29, 0.717) is 11.3 Å². The Hall–Kier alpha value is -1.55. The third-order valence-electron chi connectivity index (χ3n) is 3.16. The van der Waals surface area contributed by atoms with Crippen LogP contribution in [0.4, 0.5) is 0 Å². The first-order valence-electron chi connectivity index (χ1n) is 6.32. The smallest absolute Gasteiger partial charge is 0.252 e. The molecule has 1 aromatic rings. The number of rotatable bonds is 7. The highest BCUT2D eigenvalue weighted by Crippen LogP contribution is 2.24. The minimum Gasteiger partial charge on any atom is -0.496 e. The summed E-state index contributed by atoms with van der Waals surface area (Å²) in [5.41, 5.74) is 6.82. The van der Waals surface area contributed by atoms with Gasteiger partial charge in [-0.05, 0) is 31.1 Å². The van der Waals surface area contributed by atoms with Crippen molar-refractivity contribution >= 4 is 5.91 Å². The highest BCUT2D eigenvalue weighted by atomic mass is 16.5. The first-order valence-corrected chi connectivity index (χ1v) is 6.32. The van der Waals surface area contributed by atoms with Crippen LogP contribution in [0.5, 0.6) is 5.75 Å². The summed E-state index contributed by atoms with van der Waals surface area (Å²) >= 11 is 0. The molecular weight excluding hydrogens is 228 g/mol. The average Bonchev–Trinajstić information content (AvgIpc) is 2.39. The molecule has 4 heteroatoms. The highest BCUT2D eigenvalue weighted by Gasteiger charge is 2.13. The fraction of sp³-hybridized carbons (Fsp3) is 0.500. The van der Waals surface area contributed by atoms with Crippen LogP contribution in [-0.4, -0.2) is 37.6 Å². The van der Waals surface area contributed by atoms with Crippen molar-refractivity contribution in [3.8, 4) is 5.75 Å². The van der Waals surface area contributed by atoms with Crippen LogP contribution >= 0.6 is 0 Å². The molecule has 0 saturated heterocycles. The van der Waals surface area contributed by atoms with Crippen LogP contribution in [0, 0.1) is 0 Å². The Morgan fingerprint density at radius 1 is 1.33 bits per heavy atom. The minimum absolute atomic E-state index is 0.448. The lowest BCUT2D eigenvalue weighted by atomic mass is 10.1. The van der Waals surface area contributed by atoms with Crippen molar-refractivity contribution in [2.24, 2.45) is 5.73 Å². The van der Waals surface area contributed by atoms with Gasteiger partial charge in [0.05, 0.1) is 12.7 Å². The van der Waals surface area contributed by atoms with E-state index >= 15 is 0 Å². The number of para-hydroxylation sites is 1. The zero-order valence-electron chi connectivity index (χ0n) is 11.4. The van der Waals surface area contributed by atoms with Gasteiger partial charge in [-0.1, -0.05) is 26.0 Å². The molecule has 2 N–H and O–H groups in total. The zero-order valence-corrected chi connectivity index (χ0v) is 11.4. The number of nitrogens with two attached hydrogens (primary N) is 1. The summed E-state index contributed by atoms with van der Waals surface area (Å²) in [7, 11) is 1.57. The van der Waals surface area contributed by atoms with Crippen molar-refractivity contribution in [2.75, 3.05) is 26.7 Å². The zero-order chi connectivity index (χ0) is 13.5. The molecule has 0 spiro atoms. The lowest BCUT2D eigenvalue weighted by Gasteiger charge is -2.19. The number of carbonyl (C=O) groups is 1. The second kappa shape index (κ2) is 7.01. The lowest BCUT2D eigenvalue weighted by molar-refractivity contribution is 0.0997. The van der Waals surface area contributed by atoms with Gasteiger partial charge in [-0.3, -0.25) is 4.79 Å². The normalized spacial score (nSPS) is 10.7. The summed E-state index contributed by atoms with van der Waals surface area (Å²) in [6.07, 6.45) is 0.853. The Bertz CT molecular complexity index is 401. The SMILES string of the molecule is CCN(CC)CCc1cccc(C(N)=O)c1OC. The van der Waals surface area contributed by atoms with Gasteiger partial charge in [0.2, 0.25) is 0 Å². The van der Waals surface area contributed by atoms with Crippen LogP contribution in [0.1, 0.15) is 29.8 Å². The maximum absolute atomic E-state index is 11.3. The van der Waals surface area contributed by atoms with E-state index in [0.717, 1.165) is 31.6 Å². The molecular formula is C14H22N2O2. The second-order valence-corrected chi connectivity index (χ2v) is 4.14. The number of hydrogen-bond acceptors (Lipinski definition) is 3. The molecule has 4 nitrogen and oxygen atoms in total. The summed E-state index contributed by atoms with van der Waals surface area (Å²) in [4.78, 5) is 13.6. The van der Waals surface area contributed by atoms with Crippen LogP contribution in [0.2, 0.25) is 0 Å². The van der Waals surface area contributed by atoms with Gasteiger partial charge in [-0.15, -0.1) is 0 Å². The number of nitrogens with zero attached hydrogens (tertiary/aromatic N) is 1. The Morgan fingerprint density at radius 2 is 2.00 bits per heavy atom. The summed E-state index contributed by atoms with van der Waals surface area (Å²) in [6, 6.07) is 5.52. The Kier molecular flexibility index (Phi) is 5.65. The number of benzene rings is 1. The predicted molar refractivity (Wildman–Crippen MR) is 73.0 cm³/mol. The van der Waals surface area contributed by atoms with Crippen molar-refractivity contribution in [3.63, 3.8) is 0 Å². The van der Waals surface area contributed by atoms with E-state index in [2.05, 4.69) is 18.7 Å². The van der Waals surface area contributed by atoms with Gasteiger partial charge < -0.3 is 15.4 Å². The van der Waals surface area contributed by atoms with Crippen molar-refractivity contribution in [3.05, 3.63) is 29.3 Å². The molecule has 0 fully saturated rings. The molecule has 0 unspecified atom stereocenters. The third-order valence-corrected chi connectivity index (χ3v) is 3.16. The molecule has 1 rings (SSSR count). The predicted octanol–water partition coefficient (Wildman–Crippen LogP) is 1.68. The number of ether oxygens (including phenoxy) is 1. The fourth-order valence-electron chi connectivity index (χ4n) is 2.04. The van der Waals surface area contributed by atoms with Gasteiger partial charge in [-0.2, -0.15) is 0 Å². The molecule has 0 aromatic heterocycles. The standard InChI is InChI=1S/C14H22N2O2/c1-4-16(5-2)10-9-11-7-6-8-12(14(15)17)13(11)18-3/h6-8H,4-5,9-10H2,1-3H3,(H2,15,17). The van der Waals surface area contributed by atoms with E-state index in [1.54, 1.807) is 13.2 Å². The topological polar surface area (TPSA) is 55.6 Å². The molecule has 0 radical (unpaired) electrons. The van der Waals surface area contributed by atoms with Crippen molar-refractivity contribution < 1.29 is 9.53 Å². The Labute approximate surface area is 109 Å². The maximum atomic E-state index is 11.3. The molecule has 0 saturated carbocycles. The van der Waals surface area contributed by atoms with Crippen LogP contribution in [-0.2, 0) is 6.42 Å². The van der Waals surface area contributed by atoms with E-state index in [1.807, 2.05) is 12.1 Å². The molecule has 18 heavy (non-hydrogen) atoms.